The number of amides is 1. The molecule has 1 unspecified atom stereocenters. The maximum atomic E-state index is 11.4. The fraction of sp³-hybridized carbons (Fsp3) is 0.455. The van der Waals surface area contributed by atoms with Crippen molar-refractivity contribution >= 4 is 22.9 Å². The molecule has 100 valence electrons. The van der Waals surface area contributed by atoms with Crippen molar-refractivity contribution in [3.63, 3.8) is 0 Å². The number of nitrogens with two attached hydrogens (primary N) is 1. The molecule has 2 aromatic heterocycles. The molecule has 0 spiro atoms. The number of imidazole rings is 1. The standard InChI is InChI=1S/C11H14N6O2/c12-9-8-10(14-4-13-9)17(5-15-8)7-2-1-6(3-7)11(18)16-19/h4-7,19H,1-3H2,(H,16,18)(H2,12,13,14)/t6-,7?/m1/s1. The number of aromatic nitrogens is 4. The van der Waals surface area contributed by atoms with E-state index in [0.717, 1.165) is 12.8 Å². The lowest BCUT2D eigenvalue weighted by molar-refractivity contribution is -0.133. The van der Waals surface area contributed by atoms with Crippen molar-refractivity contribution in [3.05, 3.63) is 12.7 Å². The highest BCUT2D eigenvalue weighted by molar-refractivity contribution is 5.81. The van der Waals surface area contributed by atoms with Gasteiger partial charge in [-0.2, -0.15) is 0 Å². The SMILES string of the molecule is Nc1ncnc2c1ncn2C1CC[C@@H](C(=O)NO)C1. The van der Waals surface area contributed by atoms with Crippen molar-refractivity contribution in [3.8, 4) is 0 Å². The number of fused-ring (bicyclic) bond motifs is 1. The maximum Gasteiger partial charge on any atom is 0.246 e. The molecule has 0 aromatic carbocycles. The summed E-state index contributed by atoms with van der Waals surface area (Å²) < 4.78 is 1.93. The van der Waals surface area contributed by atoms with Gasteiger partial charge in [0.05, 0.1) is 6.33 Å². The fourth-order valence-corrected chi connectivity index (χ4v) is 2.68. The van der Waals surface area contributed by atoms with Crippen molar-refractivity contribution < 1.29 is 10.0 Å². The number of nitrogens with one attached hydrogen (secondary N) is 1. The van der Waals surface area contributed by atoms with Crippen molar-refractivity contribution in [2.75, 3.05) is 5.73 Å². The lowest BCUT2D eigenvalue weighted by atomic mass is 10.1. The average molecular weight is 262 g/mol. The summed E-state index contributed by atoms with van der Waals surface area (Å²) in [5.74, 6) is -0.154. The Bertz CT molecular complexity index is 625. The summed E-state index contributed by atoms with van der Waals surface area (Å²) in [7, 11) is 0. The van der Waals surface area contributed by atoms with E-state index in [2.05, 4.69) is 15.0 Å². The van der Waals surface area contributed by atoms with E-state index >= 15 is 0 Å². The van der Waals surface area contributed by atoms with Gasteiger partial charge in [0.2, 0.25) is 5.91 Å². The maximum absolute atomic E-state index is 11.4. The smallest absolute Gasteiger partial charge is 0.246 e. The number of hydrogen-bond acceptors (Lipinski definition) is 6. The molecule has 8 heteroatoms. The van der Waals surface area contributed by atoms with Crippen LogP contribution >= 0.6 is 0 Å². The molecule has 0 saturated heterocycles. The number of hydroxylamine groups is 1. The fourth-order valence-electron chi connectivity index (χ4n) is 2.68. The van der Waals surface area contributed by atoms with E-state index in [9.17, 15) is 4.79 Å². The van der Waals surface area contributed by atoms with Gasteiger partial charge in [0, 0.05) is 12.0 Å². The number of nitrogen functional groups attached to an aromatic ring is 1. The zero-order valence-corrected chi connectivity index (χ0v) is 10.2. The van der Waals surface area contributed by atoms with E-state index in [1.54, 1.807) is 11.8 Å². The van der Waals surface area contributed by atoms with Crippen molar-refractivity contribution in [1.82, 2.24) is 25.0 Å². The minimum absolute atomic E-state index is 0.140. The first-order chi connectivity index (χ1) is 9.20. The minimum Gasteiger partial charge on any atom is -0.382 e. The average Bonchev–Trinajstić information content (AvgIpc) is 3.04. The van der Waals surface area contributed by atoms with Crippen LogP contribution in [0, 0.1) is 5.92 Å². The molecule has 19 heavy (non-hydrogen) atoms. The highest BCUT2D eigenvalue weighted by Crippen LogP contribution is 2.36. The number of carbonyl (C=O) groups is 1. The van der Waals surface area contributed by atoms with E-state index in [1.165, 1.54) is 6.33 Å². The van der Waals surface area contributed by atoms with Gasteiger partial charge >= 0.3 is 0 Å². The molecule has 4 N–H and O–H groups in total. The summed E-state index contributed by atoms with van der Waals surface area (Å²) in [6.45, 7) is 0. The summed E-state index contributed by atoms with van der Waals surface area (Å²) in [6, 6.07) is 0.140. The summed E-state index contributed by atoms with van der Waals surface area (Å²) in [6.07, 6.45) is 5.31. The van der Waals surface area contributed by atoms with Crippen molar-refractivity contribution in [2.45, 2.75) is 25.3 Å². The first kappa shape index (κ1) is 11.8. The molecule has 0 aliphatic heterocycles. The summed E-state index contributed by atoms with van der Waals surface area (Å²) >= 11 is 0. The molecule has 8 nitrogen and oxygen atoms in total. The van der Waals surface area contributed by atoms with Gasteiger partial charge in [0.25, 0.3) is 0 Å². The first-order valence-electron chi connectivity index (χ1n) is 6.07. The van der Waals surface area contributed by atoms with Crippen LogP contribution in [-0.2, 0) is 4.79 Å². The van der Waals surface area contributed by atoms with Gasteiger partial charge in [-0.25, -0.2) is 20.4 Å². The Morgan fingerprint density at radius 3 is 3.05 bits per heavy atom. The molecule has 2 aromatic rings. The third kappa shape index (κ3) is 1.89. The lowest BCUT2D eigenvalue weighted by Crippen LogP contribution is -2.26. The van der Waals surface area contributed by atoms with Crippen LogP contribution in [0.1, 0.15) is 25.3 Å². The molecule has 1 aliphatic rings. The number of anilines is 1. The molecule has 2 atom stereocenters. The van der Waals surface area contributed by atoms with E-state index in [1.807, 2.05) is 4.57 Å². The number of carbonyl (C=O) groups excluding carboxylic acids is 1. The van der Waals surface area contributed by atoms with Crippen LogP contribution in [0.5, 0.6) is 0 Å². The molecule has 2 heterocycles. The van der Waals surface area contributed by atoms with Crippen molar-refractivity contribution in [1.29, 1.82) is 0 Å². The number of rotatable bonds is 2. The van der Waals surface area contributed by atoms with Crippen LogP contribution in [0.15, 0.2) is 12.7 Å². The predicted octanol–water partition coefficient (Wildman–Crippen LogP) is 0.255. The van der Waals surface area contributed by atoms with Crippen LogP contribution in [0.25, 0.3) is 11.2 Å². The largest absolute Gasteiger partial charge is 0.382 e. The molecule has 0 bridgehead atoms. The molecule has 0 radical (unpaired) electrons. The first-order valence-corrected chi connectivity index (χ1v) is 6.07. The van der Waals surface area contributed by atoms with Gasteiger partial charge in [0.1, 0.15) is 11.8 Å². The second-order valence-corrected chi connectivity index (χ2v) is 4.72. The van der Waals surface area contributed by atoms with Crippen LogP contribution in [-0.4, -0.2) is 30.6 Å². The third-order valence-electron chi connectivity index (χ3n) is 3.67. The number of hydrogen-bond donors (Lipinski definition) is 3. The van der Waals surface area contributed by atoms with Crippen LogP contribution in [0.4, 0.5) is 5.82 Å². The molecule has 3 rings (SSSR count). The van der Waals surface area contributed by atoms with Gasteiger partial charge < -0.3 is 10.3 Å². The third-order valence-corrected chi connectivity index (χ3v) is 3.67. The molecule has 1 aliphatic carbocycles. The minimum atomic E-state index is -0.332. The zero-order chi connectivity index (χ0) is 13.4. The van der Waals surface area contributed by atoms with Gasteiger partial charge in [-0.1, -0.05) is 0 Å². The Kier molecular flexibility index (Phi) is 2.79. The Balaban J connectivity index is 1.90. The summed E-state index contributed by atoms with van der Waals surface area (Å²) in [4.78, 5) is 23.7. The molecular weight excluding hydrogens is 248 g/mol. The lowest BCUT2D eigenvalue weighted by Gasteiger charge is -2.12. The summed E-state index contributed by atoms with van der Waals surface area (Å²) in [5.41, 5.74) is 8.71. The van der Waals surface area contributed by atoms with E-state index in [-0.39, 0.29) is 17.9 Å². The zero-order valence-electron chi connectivity index (χ0n) is 10.2. The van der Waals surface area contributed by atoms with Crippen LogP contribution in [0.2, 0.25) is 0 Å². The Morgan fingerprint density at radius 2 is 2.26 bits per heavy atom. The topological polar surface area (TPSA) is 119 Å². The van der Waals surface area contributed by atoms with Gasteiger partial charge in [-0.15, -0.1) is 0 Å². The van der Waals surface area contributed by atoms with Crippen LogP contribution < -0.4 is 11.2 Å². The van der Waals surface area contributed by atoms with E-state index in [0.29, 0.717) is 23.4 Å². The van der Waals surface area contributed by atoms with E-state index < -0.39 is 0 Å². The molecule has 1 fully saturated rings. The Labute approximate surface area is 108 Å². The van der Waals surface area contributed by atoms with Gasteiger partial charge in [0.15, 0.2) is 11.5 Å². The number of nitrogens with zero attached hydrogens (tertiary/aromatic N) is 4. The molecule has 1 amide bonds. The Morgan fingerprint density at radius 1 is 1.42 bits per heavy atom. The summed E-state index contributed by atoms with van der Waals surface area (Å²) in [5, 5.41) is 8.66. The molecule has 1 saturated carbocycles. The monoisotopic (exact) mass is 262 g/mol. The second kappa shape index (κ2) is 4.47. The van der Waals surface area contributed by atoms with Gasteiger partial charge in [-0.3, -0.25) is 10.0 Å². The van der Waals surface area contributed by atoms with Crippen LogP contribution in [0.3, 0.4) is 0 Å². The Hall–Kier alpha value is -2.22. The highest BCUT2D eigenvalue weighted by atomic mass is 16.5. The second-order valence-electron chi connectivity index (χ2n) is 4.72. The predicted molar refractivity (Wildman–Crippen MR) is 66.0 cm³/mol. The molecular formula is C11H14N6O2. The van der Waals surface area contributed by atoms with Crippen molar-refractivity contribution in [2.24, 2.45) is 5.92 Å². The normalized spacial score (nSPS) is 22.8. The quantitative estimate of drug-likeness (QED) is 0.527. The van der Waals surface area contributed by atoms with E-state index in [4.69, 9.17) is 10.9 Å². The van der Waals surface area contributed by atoms with Gasteiger partial charge in [-0.05, 0) is 19.3 Å². The highest BCUT2D eigenvalue weighted by Gasteiger charge is 2.31.